The molecule has 1 saturated heterocycles. The van der Waals surface area contributed by atoms with E-state index in [1.54, 1.807) is 0 Å². The maximum atomic E-state index is 13.2. The Kier molecular flexibility index (Phi) is 3.27. The van der Waals surface area contributed by atoms with Gasteiger partial charge in [-0.25, -0.2) is 13.6 Å². The number of carbonyl (C=O) groups is 2. The standard InChI is InChI=1S/C12H11F2NO3/c13-8-5-7(12(17)18)10(6-9(8)14)15-4-2-1-3-11(15)16/h5-6H,1-4H2,(H,17,18). The van der Waals surface area contributed by atoms with Crippen LogP contribution in [-0.4, -0.2) is 23.5 Å². The van der Waals surface area contributed by atoms with Gasteiger partial charge in [-0.3, -0.25) is 4.79 Å². The Labute approximate surface area is 102 Å². The van der Waals surface area contributed by atoms with Crippen molar-refractivity contribution in [2.75, 3.05) is 11.4 Å². The van der Waals surface area contributed by atoms with Crippen molar-refractivity contribution in [3.63, 3.8) is 0 Å². The van der Waals surface area contributed by atoms with Gasteiger partial charge in [0.25, 0.3) is 0 Å². The first-order chi connectivity index (χ1) is 8.50. The van der Waals surface area contributed by atoms with E-state index in [-0.39, 0.29) is 18.0 Å². The van der Waals surface area contributed by atoms with Gasteiger partial charge in [0.1, 0.15) is 0 Å². The molecule has 4 nitrogen and oxygen atoms in total. The van der Waals surface area contributed by atoms with Gasteiger partial charge in [0, 0.05) is 19.0 Å². The zero-order valence-corrected chi connectivity index (χ0v) is 9.45. The molecule has 0 spiro atoms. The van der Waals surface area contributed by atoms with E-state index >= 15 is 0 Å². The van der Waals surface area contributed by atoms with Crippen molar-refractivity contribution in [2.24, 2.45) is 0 Å². The van der Waals surface area contributed by atoms with Crippen molar-refractivity contribution in [1.82, 2.24) is 0 Å². The van der Waals surface area contributed by atoms with E-state index in [2.05, 4.69) is 0 Å². The summed E-state index contributed by atoms with van der Waals surface area (Å²) in [7, 11) is 0. The van der Waals surface area contributed by atoms with Crippen LogP contribution in [0.2, 0.25) is 0 Å². The van der Waals surface area contributed by atoms with Gasteiger partial charge in [0.15, 0.2) is 11.6 Å². The second-order valence-electron chi connectivity index (χ2n) is 4.09. The Bertz CT molecular complexity index is 516. The highest BCUT2D eigenvalue weighted by Crippen LogP contribution is 2.27. The number of nitrogens with zero attached hydrogens (tertiary/aromatic N) is 1. The molecule has 1 amide bonds. The van der Waals surface area contributed by atoms with Gasteiger partial charge in [-0.1, -0.05) is 0 Å². The molecule has 0 atom stereocenters. The van der Waals surface area contributed by atoms with Crippen molar-refractivity contribution in [2.45, 2.75) is 19.3 Å². The first-order valence-electron chi connectivity index (χ1n) is 5.53. The summed E-state index contributed by atoms with van der Waals surface area (Å²) in [5.41, 5.74) is -0.477. The molecule has 0 aliphatic carbocycles. The lowest BCUT2D eigenvalue weighted by Crippen LogP contribution is -2.36. The van der Waals surface area contributed by atoms with E-state index in [4.69, 9.17) is 5.11 Å². The van der Waals surface area contributed by atoms with Crippen molar-refractivity contribution in [3.8, 4) is 0 Å². The molecule has 18 heavy (non-hydrogen) atoms. The molecule has 0 radical (unpaired) electrons. The van der Waals surface area contributed by atoms with Crippen LogP contribution in [0.1, 0.15) is 29.6 Å². The third-order valence-corrected chi connectivity index (χ3v) is 2.88. The Hall–Kier alpha value is -1.98. The fraction of sp³-hybridized carbons (Fsp3) is 0.333. The van der Waals surface area contributed by atoms with Gasteiger partial charge in [-0.05, 0) is 18.9 Å². The smallest absolute Gasteiger partial charge is 0.337 e. The number of rotatable bonds is 2. The number of carboxylic acids is 1. The van der Waals surface area contributed by atoms with Crippen LogP contribution in [-0.2, 0) is 4.79 Å². The molecular formula is C12H11F2NO3. The summed E-state index contributed by atoms with van der Waals surface area (Å²) in [5, 5.41) is 8.97. The van der Waals surface area contributed by atoms with Crippen LogP contribution in [0.4, 0.5) is 14.5 Å². The highest BCUT2D eigenvalue weighted by atomic mass is 19.2. The lowest BCUT2D eigenvalue weighted by molar-refractivity contribution is -0.119. The minimum atomic E-state index is -1.39. The average Bonchev–Trinajstić information content (AvgIpc) is 2.32. The summed E-state index contributed by atoms with van der Waals surface area (Å²) < 4.78 is 26.2. The van der Waals surface area contributed by atoms with Crippen LogP contribution < -0.4 is 4.90 Å². The molecular weight excluding hydrogens is 244 g/mol. The van der Waals surface area contributed by atoms with Gasteiger partial charge < -0.3 is 10.0 Å². The summed E-state index contributed by atoms with van der Waals surface area (Å²) in [6.07, 6.45) is 1.73. The number of piperidine rings is 1. The fourth-order valence-electron chi connectivity index (χ4n) is 1.99. The van der Waals surface area contributed by atoms with E-state index in [0.717, 1.165) is 12.5 Å². The third kappa shape index (κ3) is 2.18. The molecule has 2 rings (SSSR count). The number of carbonyl (C=O) groups excluding carboxylic acids is 1. The largest absolute Gasteiger partial charge is 0.478 e. The molecule has 0 aromatic heterocycles. The number of aromatic carboxylic acids is 1. The number of benzene rings is 1. The normalized spacial score (nSPS) is 15.9. The second-order valence-corrected chi connectivity index (χ2v) is 4.09. The van der Waals surface area contributed by atoms with Crippen molar-refractivity contribution < 1.29 is 23.5 Å². The maximum absolute atomic E-state index is 13.2. The summed E-state index contributed by atoms with van der Waals surface area (Å²) >= 11 is 0. The Balaban J connectivity index is 2.51. The molecule has 1 aromatic rings. The first kappa shape index (κ1) is 12.5. The van der Waals surface area contributed by atoms with E-state index in [1.807, 2.05) is 0 Å². The number of anilines is 1. The predicted octanol–water partition coefficient (Wildman–Crippen LogP) is 2.18. The number of amides is 1. The van der Waals surface area contributed by atoms with Gasteiger partial charge in [0.2, 0.25) is 5.91 Å². The molecule has 1 heterocycles. The monoisotopic (exact) mass is 255 g/mol. The van der Waals surface area contributed by atoms with E-state index < -0.39 is 23.2 Å². The number of hydrogen-bond donors (Lipinski definition) is 1. The summed E-state index contributed by atoms with van der Waals surface area (Å²) in [5.74, 6) is -4.05. The molecule has 0 bridgehead atoms. The molecule has 1 aliphatic rings. The number of halogens is 2. The maximum Gasteiger partial charge on any atom is 0.337 e. The minimum absolute atomic E-state index is 0.0777. The van der Waals surface area contributed by atoms with E-state index in [9.17, 15) is 18.4 Å². The van der Waals surface area contributed by atoms with E-state index in [1.165, 1.54) is 4.90 Å². The number of hydrogen-bond acceptors (Lipinski definition) is 2. The molecule has 0 unspecified atom stereocenters. The molecule has 0 saturated carbocycles. The van der Waals surface area contributed by atoms with Crippen LogP contribution in [0.5, 0.6) is 0 Å². The van der Waals surface area contributed by atoms with Gasteiger partial charge >= 0.3 is 5.97 Å². The molecule has 1 aromatic carbocycles. The lowest BCUT2D eigenvalue weighted by atomic mass is 10.1. The topological polar surface area (TPSA) is 57.6 Å². The quantitative estimate of drug-likeness (QED) is 0.881. The van der Waals surface area contributed by atoms with Crippen LogP contribution in [0, 0.1) is 11.6 Å². The zero-order valence-electron chi connectivity index (χ0n) is 9.45. The number of carboxylic acid groups (broad SMARTS) is 1. The molecule has 96 valence electrons. The Morgan fingerprint density at radius 3 is 2.50 bits per heavy atom. The van der Waals surface area contributed by atoms with Crippen LogP contribution in [0.3, 0.4) is 0 Å². The average molecular weight is 255 g/mol. The zero-order chi connectivity index (χ0) is 13.3. The molecule has 1 N–H and O–H groups in total. The van der Waals surface area contributed by atoms with Crippen molar-refractivity contribution >= 4 is 17.6 Å². The van der Waals surface area contributed by atoms with Crippen LogP contribution in [0.15, 0.2) is 12.1 Å². The predicted molar refractivity (Wildman–Crippen MR) is 59.5 cm³/mol. The minimum Gasteiger partial charge on any atom is -0.478 e. The second kappa shape index (κ2) is 4.72. The Morgan fingerprint density at radius 1 is 1.22 bits per heavy atom. The SMILES string of the molecule is O=C(O)c1cc(F)c(F)cc1N1CCCCC1=O. The fourth-order valence-corrected chi connectivity index (χ4v) is 1.99. The van der Waals surface area contributed by atoms with E-state index in [0.29, 0.717) is 19.0 Å². The summed E-state index contributed by atoms with van der Waals surface area (Å²) in [6, 6.07) is 1.37. The highest BCUT2D eigenvalue weighted by molar-refractivity contribution is 6.02. The first-order valence-corrected chi connectivity index (χ1v) is 5.53. The third-order valence-electron chi connectivity index (χ3n) is 2.88. The van der Waals surface area contributed by atoms with Gasteiger partial charge in [0.05, 0.1) is 11.3 Å². The summed E-state index contributed by atoms with van der Waals surface area (Å²) in [4.78, 5) is 23.9. The Morgan fingerprint density at radius 2 is 1.89 bits per heavy atom. The van der Waals surface area contributed by atoms with Crippen LogP contribution in [0.25, 0.3) is 0 Å². The highest BCUT2D eigenvalue weighted by Gasteiger charge is 2.25. The summed E-state index contributed by atoms with van der Waals surface area (Å²) in [6.45, 7) is 0.324. The molecule has 1 fully saturated rings. The van der Waals surface area contributed by atoms with Crippen LogP contribution >= 0.6 is 0 Å². The molecule has 1 aliphatic heterocycles. The van der Waals surface area contributed by atoms with Gasteiger partial charge in [-0.2, -0.15) is 0 Å². The van der Waals surface area contributed by atoms with Crippen molar-refractivity contribution in [3.05, 3.63) is 29.3 Å². The van der Waals surface area contributed by atoms with Crippen molar-refractivity contribution in [1.29, 1.82) is 0 Å². The molecule has 6 heteroatoms. The van der Waals surface area contributed by atoms with Gasteiger partial charge in [-0.15, -0.1) is 0 Å². The lowest BCUT2D eigenvalue weighted by Gasteiger charge is -2.28.